The first-order valence-corrected chi connectivity index (χ1v) is 9.79. The fourth-order valence-corrected chi connectivity index (χ4v) is 5.82. The molecule has 0 aromatic carbocycles. The minimum absolute atomic E-state index is 0.423. The fourth-order valence-electron chi connectivity index (χ4n) is 0.838. The van der Waals surface area contributed by atoms with Gasteiger partial charge in [-0.2, -0.15) is 0 Å². The van der Waals surface area contributed by atoms with Crippen molar-refractivity contribution in [2.45, 2.75) is 31.7 Å². The van der Waals surface area contributed by atoms with E-state index in [9.17, 15) is 0 Å². The van der Waals surface area contributed by atoms with E-state index >= 15 is 0 Å². The molecular weight excluding hydrogens is 172 g/mol. The van der Waals surface area contributed by atoms with Crippen LogP contribution in [-0.4, -0.2) is 31.6 Å². The largest absolute Gasteiger partial charge is 0.398 e. The maximum atomic E-state index is 5.38. The van der Waals surface area contributed by atoms with Gasteiger partial charge in [0.25, 0.3) is 0 Å². The van der Waals surface area contributed by atoms with Crippen molar-refractivity contribution in [3.8, 4) is 0 Å². The highest BCUT2D eigenvalue weighted by Crippen LogP contribution is 2.15. The van der Waals surface area contributed by atoms with E-state index in [2.05, 4.69) is 19.6 Å². The molecule has 0 aliphatic carbocycles. The van der Waals surface area contributed by atoms with E-state index in [1.54, 1.807) is 14.2 Å². The molecule has 0 N–H and O–H groups in total. The van der Waals surface area contributed by atoms with Crippen molar-refractivity contribution in [3.63, 3.8) is 0 Å². The Morgan fingerprint density at radius 2 is 1.64 bits per heavy atom. The van der Waals surface area contributed by atoms with Crippen LogP contribution in [0.4, 0.5) is 0 Å². The minimum Gasteiger partial charge on any atom is -0.398 e. The van der Waals surface area contributed by atoms with E-state index in [-0.39, 0.29) is 0 Å². The van der Waals surface area contributed by atoms with E-state index in [1.165, 1.54) is 6.04 Å². The molecule has 0 bridgehead atoms. The summed E-state index contributed by atoms with van der Waals surface area (Å²) in [4.78, 5) is 0. The number of hydrogen-bond acceptors (Lipinski definition) is 2. The number of hydrogen-bond donors (Lipinski definition) is 0. The molecule has 11 heavy (non-hydrogen) atoms. The zero-order valence-corrected chi connectivity index (χ0v) is 10.5. The maximum absolute atomic E-state index is 5.38. The highest BCUT2D eigenvalue weighted by Gasteiger charge is 2.28. The van der Waals surface area contributed by atoms with Crippen LogP contribution in [0.1, 0.15) is 0 Å². The molecular formula is C7H20O2Si2. The van der Waals surface area contributed by atoms with E-state index in [4.69, 9.17) is 8.85 Å². The second-order valence-electron chi connectivity index (χ2n) is 3.47. The van der Waals surface area contributed by atoms with Crippen molar-refractivity contribution in [1.29, 1.82) is 0 Å². The van der Waals surface area contributed by atoms with Gasteiger partial charge in [0.05, 0.1) is 0 Å². The van der Waals surface area contributed by atoms with Gasteiger partial charge in [0.2, 0.25) is 0 Å². The molecule has 0 fully saturated rings. The summed E-state index contributed by atoms with van der Waals surface area (Å²) in [7, 11) is 1.37. The third-order valence-electron chi connectivity index (χ3n) is 2.04. The first kappa shape index (κ1) is 11.4. The van der Waals surface area contributed by atoms with Crippen molar-refractivity contribution in [1.82, 2.24) is 0 Å². The molecule has 0 aliphatic rings. The van der Waals surface area contributed by atoms with Crippen molar-refractivity contribution in [2.24, 2.45) is 0 Å². The summed E-state index contributed by atoms with van der Waals surface area (Å²) >= 11 is 0. The summed E-state index contributed by atoms with van der Waals surface area (Å²) in [5.74, 6) is 0. The highest BCUT2D eigenvalue weighted by atomic mass is 28.4. The van der Waals surface area contributed by atoms with Crippen molar-refractivity contribution in [2.75, 3.05) is 14.2 Å². The Labute approximate surface area is 72.8 Å². The number of rotatable bonds is 5. The van der Waals surface area contributed by atoms with Crippen LogP contribution in [0.5, 0.6) is 0 Å². The minimum atomic E-state index is -1.73. The molecule has 4 heteroatoms. The molecule has 0 spiro atoms. The molecule has 0 aliphatic heterocycles. The second-order valence-corrected chi connectivity index (χ2v) is 10.4. The van der Waals surface area contributed by atoms with E-state index in [1.807, 2.05) is 0 Å². The van der Waals surface area contributed by atoms with Crippen LogP contribution in [0.2, 0.25) is 31.7 Å². The summed E-state index contributed by atoms with van der Waals surface area (Å²) in [5, 5.41) is 0. The van der Waals surface area contributed by atoms with Gasteiger partial charge in [-0.25, -0.2) is 0 Å². The van der Waals surface area contributed by atoms with Crippen LogP contribution in [0.25, 0.3) is 0 Å². The summed E-state index contributed by atoms with van der Waals surface area (Å²) < 4.78 is 10.8. The van der Waals surface area contributed by atoms with Crippen LogP contribution in [0.15, 0.2) is 0 Å². The lowest BCUT2D eigenvalue weighted by atomic mass is 10.9. The zero-order valence-electron chi connectivity index (χ0n) is 8.31. The van der Waals surface area contributed by atoms with Crippen LogP contribution in [0.3, 0.4) is 0 Å². The summed E-state index contributed by atoms with van der Waals surface area (Å²) in [6.45, 7) is 6.85. The lowest BCUT2D eigenvalue weighted by molar-refractivity contribution is 0.251. The smallest absolute Gasteiger partial charge is 0.334 e. The SMILES string of the molecule is CO[Si](C)(CC[SiH](C)C)OC. The first-order valence-electron chi connectivity index (χ1n) is 4.14. The van der Waals surface area contributed by atoms with Gasteiger partial charge in [0.1, 0.15) is 0 Å². The standard InChI is InChI=1S/C7H20O2Si2/c1-8-11(5,9-2)7-6-10(3)4/h10H,6-7H2,1-5H3. The molecule has 0 amide bonds. The first-order chi connectivity index (χ1) is 5.04. The van der Waals surface area contributed by atoms with Gasteiger partial charge in [-0.05, 0) is 12.6 Å². The maximum Gasteiger partial charge on any atom is 0.334 e. The Kier molecular flexibility index (Phi) is 5.24. The molecule has 0 aromatic rings. The predicted octanol–water partition coefficient (Wildman–Crippen LogP) is 1.84. The third-order valence-corrected chi connectivity index (χ3v) is 6.98. The highest BCUT2D eigenvalue weighted by molar-refractivity contribution is 6.68. The van der Waals surface area contributed by atoms with Gasteiger partial charge in [0.15, 0.2) is 0 Å². The molecule has 0 aromatic heterocycles. The Balaban J connectivity index is 3.69. The normalized spacial score (nSPS) is 12.5. The molecule has 0 radical (unpaired) electrons. The van der Waals surface area contributed by atoms with Crippen LogP contribution in [0, 0.1) is 0 Å². The topological polar surface area (TPSA) is 18.5 Å². The van der Waals surface area contributed by atoms with Gasteiger partial charge in [-0.3, -0.25) is 0 Å². The Hall–Kier alpha value is 0.354. The van der Waals surface area contributed by atoms with E-state index in [0.717, 1.165) is 6.04 Å². The molecule has 2 nitrogen and oxygen atoms in total. The zero-order chi connectivity index (χ0) is 8.91. The second kappa shape index (κ2) is 5.08. The van der Waals surface area contributed by atoms with Gasteiger partial charge >= 0.3 is 8.56 Å². The lowest BCUT2D eigenvalue weighted by Crippen LogP contribution is -2.36. The predicted molar refractivity (Wildman–Crippen MR) is 54.1 cm³/mol. The average molecular weight is 192 g/mol. The summed E-state index contributed by atoms with van der Waals surface area (Å²) in [6.07, 6.45) is 0. The van der Waals surface area contributed by atoms with Gasteiger partial charge in [-0.1, -0.05) is 19.1 Å². The molecule has 0 saturated heterocycles. The molecule has 0 heterocycles. The van der Waals surface area contributed by atoms with Crippen molar-refractivity contribution >= 4 is 17.4 Å². The molecule has 68 valence electrons. The van der Waals surface area contributed by atoms with Crippen LogP contribution in [-0.2, 0) is 8.85 Å². The van der Waals surface area contributed by atoms with Crippen LogP contribution < -0.4 is 0 Å². The Bertz CT molecular complexity index is 103. The molecule has 0 saturated carbocycles. The summed E-state index contributed by atoms with van der Waals surface area (Å²) in [6, 6.07) is 2.49. The van der Waals surface area contributed by atoms with Crippen molar-refractivity contribution in [3.05, 3.63) is 0 Å². The lowest BCUT2D eigenvalue weighted by Gasteiger charge is -2.23. The molecule has 0 unspecified atom stereocenters. The fraction of sp³-hybridized carbons (Fsp3) is 1.00. The molecule has 0 atom stereocenters. The van der Waals surface area contributed by atoms with Gasteiger partial charge < -0.3 is 8.85 Å². The van der Waals surface area contributed by atoms with E-state index < -0.39 is 17.4 Å². The van der Waals surface area contributed by atoms with Gasteiger partial charge in [0, 0.05) is 23.0 Å². The monoisotopic (exact) mass is 192 g/mol. The van der Waals surface area contributed by atoms with E-state index in [0.29, 0.717) is 0 Å². The third kappa shape index (κ3) is 4.73. The quantitative estimate of drug-likeness (QED) is 0.619. The average Bonchev–Trinajstić information content (AvgIpc) is 2.00. The molecule has 0 rings (SSSR count). The van der Waals surface area contributed by atoms with Crippen LogP contribution >= 0.6 is 0 Å². The summed E-state index contributed by atoms with van der Waals surface area (Å²) in [5.41, 5.74) is 0. The van der Waals surface area contributed by atoms with Crippen molar-refractivity contribution < 1.29 is 8.85 Å². The Morgan fingerprint density at radius 3 is 1.91 bits per heavy atom. The Morgan fingerprint density at radius 1 is 1.18 bits per heavy atom. The van der Waals surface area contributed by atoms with Gasteiger partial charge in [-0.15, -0.1) is 0 Å².